The molecule has 0 radical (unpaired) electrons. The number of carbonyl (C=O) groups is 1. The predicted octanol–water partition coefficient (Wildman–Crippen LogP) is 2.74. The molecule has 1 aromatic heterocycles. The number of anilines is 1. The Hall–Kier alpha value is -3.35. The van der Waals surface area contributed by atoms with Gasteiger partial charge in [-0.1, -0.05) is 12.1 Å². The molecule has 0 bridgehead atoms. The van der Waals surface area contributed by atoms with Crippen LogP contribution in [-0.2, 0) is 11.3 Å². The average Bonchev–Trinajstić information content (AvgIpc) is 3.07. The maximum atomic E-state index is 12.1. The lowest BCUT2D eigenvalue weighted by Gasteiger charge is -2.21. The third-order valence-electron chi connectivity index (χ3n) is 4.38. The highest BCUT2D eigenvalue weighted by molar-refractivity contribution is 5.86. The first-order valence-electron chi connectivity index (χ1n) is 8.92. The van der Waals surface area contributed by atoms with Crippen LogP contribution in [0.4, 0.5) is 5.69 Å². The number of nitrogens with zero attached hydrogens (tertiary/aromatic N) is 4. The Bertz CT molecular complexity index is 960. The van der Waals surface area contributed by atoms with Crippen molar-refractivity contribution in [2.24, 2.45) is 5.10 Å². The normalized spacial score (nSPS) is 11.2. The summed E-state index contributed by atoms with van der Waals surface area (Å²) in [6.07, 6.45) is 3.07. The van der Waals surface area contributed by atoms with Crippen molar-refractivity contribution in [3.05, 3.63) is 54.4 Å². The number of aromatic hydroxyl groups is 1. The number of imidazole rings is 1. The maximum absolute atomic E-state index is 12.1. The lowest BCUT2D eigenvalue weighted by Crippen LogP contribution is -2.23. The minimum Gasteiger partial charge on any atom is -0.507 e. The van der Waals surface area contributed by atoms with Crippen LogP contribution in [0.3, 0.4) is 0 Å². The van der Waals surface area contributed by atoms with Gasteiger partial charge in [-0.25, -0.2) is 10.4 Å². The lowest BCUT2D eigenvalue weighted by atomic mass is 10.2. The fourth-order valence-electron chi connectivity index (χ4n) is 2.93. The van der Waals surface area contributed by atoms with Gasteiger partial charge in [-0.15, -0.1) is 0 Å². The largest absolute Gasteiger partial charge is 0.507 e. The number of rotatable bonds is 7. The maximum Gasteiger partial charge on any atom is 0.260 e. The Balaban J connectivity index is 1.62. The van der Waals surface area contributed by atoms with Crippen molar-refractivity contribution < 1.29 is 9.90 Å². The summed E-state index contributed by atoms with van der Waals surface area (Å²) < 4.78 is 1.76. The molecule has 7 heteroatoms. The van der Waals surface area contributed by atoms with Gasteiger partial charge in [-0.3, -0.25) is 4.79 Å². The summed E-state index contributed by atoms with van der Waals surface area (Å²) in [5.41, 5.74) is 5.70. The molecule has 1 amide bonds. The van der Waals surface area contributed by atoms with E-state index in [9.17, 15) is 9.90 Å². The van der Waals surface area contributed by atoms with Crippen LogP contribution in [0.5, 0.6) is 5.75 Å². The number of phenolic OH excluding ortho intramolecular Hbond substituents is 1. The zero-order chi connectivity index (χ0) is 19.2. The van der Waals surface area contributed by atoms with Gasteiger partial charge < -0.3 is 14.6 Å². The second-order valence-corrected chi connectivity index (χ2v) is 6.07. The van der Waals surface area contributed by atoms with Crippen LogP contribution in [-0.4, -0.2) is 39.9 Å². The summed E-state index contributed by atoms with van der Waals surface area (Å²) in [6, 6.07) is 13.0. The minimum absolute atomic E-state index is 0.116. The molecule has 0 fully saturated rings. The second-order valence-electron chi connectivity index (χ2n) is 6.07. The van der Waals surface area contributed by atoms with Crippen molar-refractivity contribution >= 4 is 28.8 Å². The van der Waals surface area contributed by atoms with Crippen molar-refractivity contribution in [3.63, 3.8) is 0 Å². The van der Waals surface area contributed by atoms with Crippen molar-refractivity contribution in [1.29, 1.82) is 0 Å². The average molecular weight is 365 g/mol. The fourth-order valence-corrected chi connectivity index (χ4v) is 2.93. The quantitative estimate of drug-likeness (QED) is 0.498. The first-order chi connectivity index (χ1) is 13.1. The topological polar surface area (TPSA) is 82.8 Å². The molecule has 0 aliphatic carbocycles. The second kappa shape index (κ2) is 8.35. The van der Waals surface area contributed by atoms with Crippen molar-refractivity contribution in [1.82, 2.24) is 15.0 Å². The number of aromatic nitrogens is 2. The van der Waals surface area contributed by atoms with Crippen molar-refractivity contribution in [2.75, 3.05) is 18.0 Å². The number of phenols is 1. The van der Waals surface area contributed by atoms with E-state index < -0.39 is 0 Å². The molecule has 0 saturated heterocycles. The highest BCUT2D eigenvalue weighted by Gasteiger charge is 2.07. The van der Waals surface area contributed by atoms with E-state index in [1.54, 1.807) is 23.0 Å². The molecular formula is C20H23N5O2. The summed E-state index contributed by atoms with van der Waals surface area (Å²) in [7, 11) is 0. The van der Waals surface area contributed by atoms with Gasteiger partial charge in [-0.2, -0.15) is 5.10 Å². The molecule has 27 heavy (non-hydrogen) atoms. The molecule has 0 unspecified atom stereocenters. The Labute approximate surface area is 157 Å². The predicted molar refractivity (Wildman–Crippen MR) is 107 cm³/mol. The van der Waals surface area contributed by atoms with Crippen LogP contribution < -0.4 is 10.3 Å². The van der Waals surface area contributed by atoms with Gasteiger partial charge >= 0.3 is 0 Å². The van der Waals surface area contributed by atoms with E-state index >= 15 is 0 Å². The summed E-state index contributed by atoms with van der Waals surface area (Å²) in [5.74, 6) is -0.147. The highest BCUT2D eigenvalue weighted by Crippen LogP contribution is 2.23. The molecule has 0 atom stereocenters. The number of carbonyl (C=O) groups excluding carboxylic acids is 1. The monoisotopic (exact) mass is 365 g/mol. The third kappa shape index (κ3) is 4.25. The number of para-hydroxylation sites is 2. The van der Waals surface area contributed by atoms with Crippen LogP contribution in [0.1, 0.15) is 19.4 Å². The molecule has 7 nitrogen and oxygen atoms in total. The Kier molecular flexibility index (Phi) is 5.71. The standard InChI is InChI=1S/C20H23N5O2/c1-3-24(4-2)16-10-9-15(19(26)11-16)12-22-23-20(27)13-25-14-21-17-7-5-6-8-18(17)25/h5-12,14,26H,3-4,13H2,1-2H3,(H,23,27). The van der Waals surface area contributed by atoms with Crippen LogP contribution >= 0.6 is 0 Å². The first-order valence-corrected chi connectivity index (χ1v) is 8.92. The van der Waals surface area contributed by atoms with Gasteiger partial charge in [0.05, 0.1) is 23.6 Å². The number of nitrogens with one attached hydrogen (secondary N) is 1. The first kappa shape index (κ1) is 18.4. The molecule has 0 aliphatic rings. The highest BCUT2D eigenvalue weighted by atomic mass is 16.3. The van der Waals surface area contributed by atoms with Crippen LogP contribution in [0.25, 0.3) is 11.0 Å². The third-order valence-corrected chi connectivity index (χ3v) is 4.38. The smallest absolute Gasteiger partial charge is 0.260 e. The lowest BCUT2D eigenvalue weighted by molar-refractivity contribution is -0.121. The van der Waals surface area contributed by atoms with E-state index in [0.717, 1.165) is 29.8 Å². The summed E-state index contributed by atoms with van der Waals surface area (Å²) in [4.78, 5) is 18.5. The van der Waals surface area contributed by atoms with E-state index in [1.165, 1.54) is 6.21 Å². The van der Waals surface area contributed by atoms with Crippen molar-refractivity contribution in [2.45, 2.75) is 20.4 Å². The van der Waals surface area contributed by atoms with Gasteiger partial charge in [0.1, 0.15) is 12.3 Å². The number of hydrogen-bond donors (Lipinski definition) is 2. The molecule has 140 valence electrons. The number of hydrogen-bond acceptors (Lipinski definition) is 5. The minimum atomic E-state index is -0.270. The SMILES string of the molecule is CCN(CC)c1ccc(C=NNC(=O)Cn2cnc3ccccc32)c(O)c1. The molecular weight excluding hydrogens is 342 g/mol. The molecule has 2 N–H and O–H groups in total. The zero-order valence-electron chi connectivity index (χ0n) is 15.5. The summed E-state index contributed by atoms with van der Waals surface area (Å²) in [6.45, 7) is 5.97. The molecule has 1 heterocycles. The molecule has 3 rings (SSSR count). The van der Waals surface area contributed by atoms with E-state index in [4.69, 9.17) is 0 Å². The van der Waals surface area contributed by atoms with E-state index in [0.29, 0.717) is 5.56 Å². The van der Waals surface area contributed by atoms with Crippen LogP contribution in [0.2, 0.25) is 0 Å². The zero-order valence-corrected chi connectivity index (χ0v) is 15.5. The number of fused-ring (bicyclic) bond motifs is 1. The Morgan fingerprint density at radius 3 is 2.78 bits per heavy atom. The molecule has 0 spiro atoms. The van der Waals surface area contributed by atoms with Crippen LogP contribution in [0, 0.1) is 0 Å². The van der Waals surface area contributed by atoms with Gasteiger partial charge in [0, 0.05) is 30.4 Å². The van der Waals surface area contributed by atoms with E-state index in [-0.39, 0.29) is 18.2 Å². The van der Waals surface area contributed by atoms with Crippen molar-refractivity contribution in [3.8, 4) is 5.75 Å². The summed E-state index contributed by atoms with van der Waals surface area (Å²) >= 11 is 0. The van der Waals surface area contributed by atoms with Gasteiger partial charge in [0.25, 0.3) is 5.91 Å². The van der Waals surface area contributed by atoms with E-state index in [2.05, 4.69) is 34.3 Å². The molecule has 2 aromatic carbocycles. The Morgan fingerprint density at radius 2 is 2.04 bits per heavy atom. The van der Waals surface area contributed by atoms with Gasteiger partial charge in [0.15, 0.2) is 0 Å². The molecule has 0 saturated carbocycles. The summed E-state index contributed by atoms with van der Waals surface area (Å²) in [5, 5.41) is 14.1. The fraction of sp³-hybridized carbons (Fsp3) is 0.250. The van der Waals surface area contributed by atoms with E-state index in [1.807, 2.05) is 30.3 Å². The molecule has 0 aliphatic heterocycles. The molecule has 3 aromatic rings. The van der Waals surface area contributed by atoms with Crippen LogP contribution in [0.15, 0.2) is 53.9 Å². The Morgan fingerprint density at radius 1 is 1.26 bits per heavy atom. The number of amides is 1. The number of hydrazone groups is 1. The van der Waals surface area contributed by atoms with Gasteiger partial charge in [-0.05, 0) is 38.1 Å². The van der Waals surface area contributed by atoms with Gasteiger partial charge in [0.2, 0.25) is 0 Å². The number of benzene rings is 2.